The molecule has 0 spiro atoms. The minimum atomic E-state index is -0.749. The van der Waals surface area contributed by atoms with E-state index in [4.69, 9.17) is 5.53 Å². The lowest BCUT2D eigenvalue weighted by Gasteiger charge is -2.33. The first-order valence-electron chi connectivity index (χ1n) is 4.90. The van der Waals surface area contributed by atoms with Crippen molar-refractivity contribution < 1.29 is 14.6 Å². The Kier molecular flexibility index (Phi) is 3.94. The summed E-state index contributed by atoms with van der Waals surface area (Å²) in [6.45, 7) is 1.90. The van der Waals surface area contributed by atoms with E-state index in [1.807, 2.05) is 6.92 Å². The highest BCUT2D eigenvalue weighted by molar-refractivity contribution is 5.72. The van der Waals surface area contributed by atoms with Crippen LogP contribution in [0.3, 0.4) is 0 Å². The molecule has 0 aromatic carbocycles. The van der Waals surface area contributed by atoms with Gasteiger partial charge in [0.25, 0.3) is 0 Å². The van der Waals surface area contributed by atoms with Crippen LogP contribution in [-0.2, 0) is 9.53 Å². The van der Waals surface area contributed by atoms with Gasteiger partial charge in [-0.2, -0.15) is 0 Å². The summed E-state index contributed by atoms with van der Waals surface area (Å²) >= 11 is 0. The minimum Gasteiger partial charge on any atom is -0.469 e. The van der Waals surface area contributed by atoms with Gasteiger partial charge in [0.1, 0.15) is 0 Å². The van der Waals surface area contributed by atoms with Crippen molar-refractivity contribution in [1.29, 1.82) is 0 Å². The first kappa shape index (κ1) is 11.8. The molecular weight excluding hydrogens is 198 g/mol. The zero-order valence-electron chi connectivity index (χ0n) is 8.83. The molecule has 0 bridgehead atoms. The Balaban J connectivity index is 2.70. The SMILES string of the molecule is COC(=O)[C@H]1C[C@@H](O)[C@H](N=[N+]=[N-])C[C@H]1C. The van der Waals surface area contributed by atoms with E-state index < -0.39 is 12.1 Å². The molecule has 15 heavy (non-hydrogen) atoms. The van der Waals surface area contributed by atoms with Gasteiger partial charge in [-0.15, -0.1) is 0 Å². The van der Waals surface area contributed by atoms with Crippen LogP contribution in [0.5, 0.6) is 0 Å². The highest BCUT2D eigenvalue weighted by Crippen LogP contribution is 2.32. The highest BCUT2D eigenvalue weighted by atomic mass is 16.5. The molecular formula is C9H15N3O3. The number of esters is 1. The van der Waals surface area contributed by atoms with Crippen molar-refractivity contribution in [2.45, 2.75) is 31.9 Å². The molecule has 0 amide bonds. The van der Waals surface area contributed by atoms with Gasteiger partial charge in [-0.1, -0.05) is 12.0 Å². The van der Waals surface area contributed by atoms with Gasteiger partial charge < -0.3 is 9.84 Å². The molecule has 0 radical (unpaired) electrons. The Labute approximate surface area is 87.9 Å². The summed E-state index contributed by atoms with van der Waals surface area (Å²) in [5.41, 5.74) is 8.30. The molecule has 1 N–H and O–H groups in total. The fraction of sp³-hybridized carbons (Fsp3) is 0.889. The van der Waals surface area contributed by atoms with Gasteiger partial charge in [-0.3, -0.25) is 4.79 Å². The summed E-state index contributed by atoms with van der Waals surface area (Å²) in [5.74, 6) is -0.535. The second-order valence-electron chi connectivity index (χ2n) is 3.92. The van der Waals surface area contributed by atoms with E-state index in [9.17, 15) is 9.90 Å². The van der Waals surface area contributed by atoms with E-state index in [0.717, 1.165) is 0 Å². The molecule has 0 aromatic heterocycles. The molecule has 1 rings (SSSR count). The standard InChI is InChI=1S/C9H15N3O3/c1-5-3-7(11-12-10)8(13)4-6(5)9(14)15-2/h5-8,13H,3-4H2,1-2H3/t5-,6+,7-,8-/m1/s1. The molecule has 6 nitrogen and oxygen atoms in total. The molecule has 6 heteroatoms. The number of hydrogen-bond acceptors (Lipinski definition) is 4. The smallest absolute Gasteiger partial charge is 0.309 e. The van der Waals surface area contributed by atoms with Crippen molar-refractivity contribution >= 4 is 5.97 Å². The third-order valence-corrected chi connectivity index (χ3v) is 2.94. The Bertz CT molecular complexity index is 288. The van der Waals surface area contributed by atoms with E-state index in [-0.39, 0.29) is 17.8 Å². The maximum Gasteiger partial charge on any atom is 0.309 e. The molecule has 0 heterocycles. The van der Waals surface area contributed by atoms with Gasteiger partial charge in [-0.25, -0.2) is 0 Å². The number of rotatable bonds is 2. The molecule has 0 saturated heterocycles. The molecule has 84 valence electrons. The zero-order chi connectivity index (χ0) is 11.4. The van der Waals surface area contributed by atoms with Crippen LogP contribution in [-0.4, -0.2) is 30.3 Å². The monoisotopic (exact) mass is 213 g/mol. The molecule has 0 aliphatic heterocycles. The van der Waals surface area contributed by atoms with Crippen molar-refractivity contribution in [2.24, 2.45) is 17.0 Å². The first-order chi connectivity index (χ1) is 7.10. The third kappa shape index (κ3) is 2.61. The molecule has 1 aliphatic rings. The summed E-state index contributed by atoms with van der Waals surface area (Å²) in [5, 5.41) is 13.2. The lowest BCUT2D eigenvalue weighted by atomic mass is 9.76. The molecule has 1 aliphatic carbocycles. The van der Waals surface area contributed by atoms with Crippen LogP contribution in [0, 0.1) is 11.8 Å². The number of azide groups is 1. The fourth-order valence-corrected chi connectivity index (χ4v) is 2.02. The summed E-state index contributed by atoms with van der Waals surface area (Å²) in [6, 6.07) is -0.425. The minimum absolute atomic E-state index is 0.0661. The summed E-state index contributed by atoms with van der Waals surface area (Å²) in [7, 11) is 1.33. The summed E-state index contributed by atoms with van der Waals surface area (Å²) in [4.78, 5) is 14.0. The van der Waals surface area contributed by atoms with Crippen molar-refractivity contribution in [3.05, 3.63) is 10.4 Å². The van der Waals surface area contributed by atoms with Gasteiger partial charge in [0.15, 0.2) is 0 Å². The fourth-order valence-electron chi connectivity index (χ4n) is 2.02. The number of aliphatic hydroxyl groups excluding tert-OH is 1. The predicted octanol–water partition coefficient (Wildman–Crippen LogP) is 1.25. The maximum atomic E-state index is 11.4. The molecule has 1 saturated carbocycles. The van der Waals surface area contributed by atoms with Crippen LogP contribution in [0.25, 0.3) is 10.4 Å². The Morgan fingerprint density at radius 1 is 1.60 bits per heavy atom. The predicted molar refractivity (Wildman–Crippen MR) is 52.8 cm³/mol. The van der Waals surface area contributed by atoms with Crippen molar-refractivity contribution in [3.63, 3.8) is 0 Å². The van der Waals surface area contributed by atoms with Crippen molar-refractivity contribution in [2.75, 3.05) is 7.11 Å². The van der Waals surface area contributed by atoms with Crippen LogP contribution in [0.2, 0.25) is 0 Å². The van der Waals surface area contributed by atoms with Gasteiger partial charge in [0.2, 0.25) is 0 Å². The number of carbonyl (C=O) groups excluding carboxylic acids is 1. The largest absolute Gasteiger partial charge is 0.469 e. The van der Waals surface area contributed by atoms with Gasteiger partial charge in [-0.05, 0) is 24.3 Å². The lowest BCUT2D eigenvalue weighted by molar-refractivity contribution is -0.150. The van der Waals surface area contributed by atoms with Crippen LogP contribution < -0.4 is 0 Å². The van der Waals surface area contributed by atoms with E-state index in [1.54, 1.807) is 0 Å². The van der Waals surface area contributed by atoms with Crippen LogP contribution in [0.1, 0.15) is 19.8 Å². The van der Waals surface area contributed by atoms with Crippen molar-refractivity contribution in [1.82, 2.24) is 0 Å². The molecule has 0 unspecified atom stereocenters. The Hall–Kier alpha value is -1.26. The first-order valence-corrected chi connectivity index (χ1v) is 4.90. The quantitative estimate of drug-likeness (QED) is 0.323. The number of ether oxygens (including phenoxy) is 1. The lowest BCUT2D eigenvalue weighted by Crippen LogP contribution is -2.40. The van der Waals surface area contributed by atoms with Gasteiger partial charge in [0.05, 0.1) is 25.2 Å². The normalized spacial score (nSPS) is 35.4. The summed E-state index contributed by atoms with van der Waals surface area (Å²) in [6.07, 6.45) is 0.0731. The number of nitrogens with zero attached hydrogens (tertiary/aromatic N) is 3. The average molecular weight is 213 g/mol. The van der Waals surface area contributed by atoms with E-state index in [1.165, 1.54) is 7.11 Å². The van der Waals surface area contributed by atoms with E-state index >= 15 is 0 Å². The number of methoxy groups -OCH3 is 1. The second-order valence-corrected chi connectivity index (χ2v) is 3.92. The Morgan fingerprint density at radius 2 is 2.27 bits per heavy atom. The van der Waals surface area contributed by atoms with E-state index in [0.29, 0.717) is 12.8 Å². The van der Waals surface area contributed by atoms with E-state index in [2.05, 4.69) is 14.8 Å². The van der Waals surface area contributed by atoms with Crippen LogP contribution >= 0.6 is 0 Å². The number of aliphatic hydroxyl groups is 1. The molecule has 4 atom stereocenters. The molecule has 0 aromatic rings. The number of hydrogen-bond donors (Lipinski definition) is 1. The third-order valence-electron chi connectivity index (χ3n) is 2.94. The van der Waals surface area contributed by atoms with Crippen LogP contribution in [0.4, 0.5) is 0 Å². The zero-order valence-corrected chi connectivity index (χ0v) is 8.83. The number of carbonyl (C=O) groups is 1. The van der Waals surface area contributed by atoms with Crippen molar-refractivity contribution in [3.8, 4) is 0 Å². The Morgan fingerprint density at radius 3 is 2.80 bits per heavy atom. The van der Waals surface area contributed by atoms with Crippen LogP contribution in [0.15, 0.2) is 5.11 Å². The topological polar surface area (TPSA) is 95.3 Å². The van der Waals surface area contributed by atoms with Gasteiger partial charge >= 0.3 is 5.97 Å². The summed E-state index contributed by atoms with van der Waals surface area (Å²) < 4.78 is 4.65. The second kappa shape index (κ2) is 5.00. The maximum absolute atomic E-state index is 11.4. The van der Waals surface area contributed by atoms with Gasteiger partial charge in [0, 0.05) is 4.91 Å². The highest BCUT2D eigenvalue weighted by Gasteiger charge is 2.37. The average Bonchev–Trinajstić information content (AvgIpc) is 2.22. The molecule has 1 fully saturated rings.